The molecular weight excluding hydrogens is 224 g/mol. The molecule has 0 aliphatic heterocycles. The zero-order chi connectivity index (χ0) is 12.5. The first kappa shape index (κ1) is 13.5. The normalized spacial score (nSPS) is 10.2. The predicted molar refractivity (Wildman–Crippen MR) is 60.9 cm³/mol. The lowest BCUT2D eigenvalue weighted by atomic mass is 10.3. The van der Waals surface area contributed by atoms with Crippen LogP contribution in [0.25, 0.3) is 0 Å². The van der Waals surface area contributed by atoms with E-state index in [1.165, 1.54) is 24.3 Å². The molecular formula is C12H16O5. The number of esters is 1. The monoisotopic (exact) mass is 240 g/mol. The lowest BCUT2D eigenvalue weighted by Gasteiger charge is -2.04. The Kier molecular flexibility index (Phi) is 6.06. The molecule has 2 N–H and O–H groups in total. The molecule has 94 valence electrons. The standard InChI is InChI=1S/C12H16O5/c13-7-9-16-8-1-2-12(15)17-11-5-3-10(14)4-6-11/h3-6,13-14H,1-2,7-9H2. The van der Waals surface area contributed by atoms with E-state index in [4.69, 9.17) is 19.7 Å². The first-order chi connectivity index (χ1) is 8.22. The quantitative estimate of drug-likeness (QED) is 0.424. The molecule has 0 heterocycles. The van der Waals surface area contributed by atoms with Crippen molar-refractivity contribution in [1.82, 2.24) is 0 Å². The first-order valence-corrected chi connectivity index (χ1v) is 5.40. The summed E-state index contributed by atoms with van der Waals surface area (Å²) in [4.78, 5) is 11.3. The number of benzene rings is 1. The van der Waals surface area contributed by atoms with Crippen LogP contribution < -0.4 is 4.74 Å². The van der Waals surface area contributed by atoms with Crippen molar-refractivity contribution in [3.8, 4) is 11.5 Å². The Balaban J connectivity index is 2.18. The van der Waals surface area contributed by atoms with Crippen molar-refractivity contribution in [3.05, 3.63) is 24.3 Å². The summed E-state index contributed by atoms with van der Waals surface area (Å²) in [6.07, 6.45) is 0.809. The minimum Gasteiger partial charge on any atom is -0.508 e. The average molecular weight is 240 g/mol. The summed E-state index contributed by atoms with van der Waals surface area (Å²) in [6.45, 7) is 0.691. The number of rotatable bonds is 7. The van der Waals surface area contributed by atoms with E-state index in [2.05, 4.69) is 0 Å². The Labute approximate surface area is 99.6 Å². The van der Waals surface area contributed by atoms with Crippen LogP contribution in [0.5, 0.6) is 11.5 Å². The summed E-state index contributed by atoms with van der Waals surface area (Å²) in [6, 6.07) is 5.95. The second-order valence-electron chi connectivity index (χ2n) is 3.41. The number of carbonyl (C=O) groups is 1. The van der Waals surface area contributed by atoms with Crippen LogP contribution in [-0.2, 0) is 9.53 Å². The molecule has 0 saturated heterocycles. The van der Waals surface area contributed by atoms with Gasteiger partial charge in [-0.05, 0) is 30.7 Å². The predicted octanol–water partition coefficient (Wildman–Crippen LogP) is 1.09. The maximum atomic E-state index is 11.3. The van der Waals surface area contributed by atoms with Crippen molar-refractivity contribution in [3.63, 3.8) is 0 Å². The number of carbonyl (C=O) groups excluding carboxylic acids is 1. The summed E-state index contributed by atoms with van der Waals surface area (Å²) >= 11 is 0. The average Bonchev–Trinajstić information content (AvgIpc) is 2.32. The number of aliphatic hydroxyl groups excluding tert-OH is 1. The third-order valence-electron chi connectivity index (χ3n) is 1.97. The van der Waals surface area contributed by atoms with Gasteiger partial charge in [0, 0.05) is 13.0 Å². The molecule has 5 nitrogen and oxygen atoms in total. The van der Waals surface area contributed by atoms with Gasteiger partial charge in [-0.1, -0.05) is 0 Å². The molecule has 0 spiro atoms. The van der Waals surface area contributed by atoms with Gasteiger partial charge >= 0.3 is 5.97 Å². The van der Waals surface area contributed by atoms with E-state index in [0.717, 1.165) is 0 Å². The molecule has 0 bridgehead atoms. The fourth-order valence-corrected chi connectivity index (χ4v) is 1.18. The second-order valence-corrected chi connectivity index (χ2v) is 3.41. The summed E-state index contributed by atoms with van der Waals surface area (Å²) in [5.41, 5.74) is 0. The van der Waals surface area contributed by atoms with Crippen LogP contribution in [0.1, 0.15) is 12.8 Å². The minimum absolute atomic E-state index is 0.0159. The van der Waals surface area contributed by atoms with Crippen LogP contribution in [0.3, 0.4) is 0 Å². The van der Waals surface area contributed by atoms with Crippen molar-refractivity contribution in [2.45, 2.75) is 12.8 Å². The molecule has 0 aliphatic carbocycles. The lowest BCUT2D eigenvalue weighted by molar-refractivity contribution is -0.134. The van der Waals surface area contributed by atoms with E-state index in [-0.39, 0.29) is 31.4 Å². The van der Waals surface area contributed by atoms with Crippen molar-refractivity contribution in [1.29, 1.82) is 0 Å². The smallest absolute Gasteiger partial charge is 0.311 e. The van der Waals surface area contributed by atoms with Crippen LogP contribution in [0.4, 0.5) is 0 Å². The van der Waals surface area contributed by atoms with Crippen molar-refractivity contribution < 1.29 is 24.5 Å². The van der Waals surface area contributed by atoms with Gasteiger partial charge in [-0.25, -0.2) is 0 Å². The summed E-state index contributed by atoms with van der Waals surface area (Å²) in [5.74, 6) is 0.189. The molecule has 0 fully saturated rings. The van der Waals surface area contributed by atoms with Crippen molar-refractivity contribution in [2.75, 3.05) is 19.8 Å². The number of hydrogen-bond acceptors (Lipinski definition) is 5. The van der Waals surface area contributed by atoms with Gasteiger partial charge in [0.25, 0.3) is 0 Å². The van der Waals surface area contributed by atoms with E-state index < -0.39 is 0 Å². The fourth-order valence-electron chi connectivity index (χ4n) is 1.18. The number of ether oxygens (including phenoxy) is 2. The largest absolute Gasteiger partial charge is 0.508 e. The van der Waals surface area contributed by atoms with Gasteiger partial charge in [0.15, 0.2) is 0 Å². The molecule has 0 unspecified atom stereocenters. The minimum atomic E-state index is -0.344. The Morgan fingerprint density at radius 3 is 2.53 bits per heavy atom. The lowest BCUT2D eigenvalue weighted by Crippen LogP contribution is -2.09. The zero-order valence-electron chi connectivity index (χ0n) is 9.46. The van der Waals surface area contributed by atoms with Crippen LogP contribution in [0.15, 0.2) is 24.3 Å². The second kappa shape index (κ2) is 7.65. The van der Waals surface area contributed by atoms with Gasteiger partial charge in [-0.2, -0.15) is 0 Å². The fraction of sp³-hybridized carbons (Fsp3) is 0.417. The Bertz CT molecular complexity index is 333. The number of phenols is 1. The molecule has 17 heavy (non-hydrogen) atoms. The van der Waals surface area contributed by atoms with Crippen LogP contribution in [0, 0.1) is 0 Å². The highest BCUT2D eigenvalue weighted by molar-refractivity contribution is 5.72. The van der Waals surface area contributed by atoms with Gasteiger partial charge in [0.05, 0.1) is 13.2 Å². The topological polar surface area (TPSA) is 76.0 Å². The first-order valence-electron chi connectivity index (χ1n) is 5.40. The van der Waals surface area contributed by atoms with Gasteiger partial charge < -0.3 is 19.7 Å². The van der Waals surface area contributed by atoms with Gasteiger partial charge in [0.1, 0.15) is 11.5 Å². The highest BCUT2D eigenvalue weighted by Gasteiger charge is 2.04. The molecule has 0 saturated carbocycles. The van der Waals surface area contributed by atoms with E-state index in [1.807, 2.05) is 0 Å². The summed E-state index contributed by atoms with van der Waals surface area (Å²) in [5, 5.41) is 17.5. The molecule has 0 aliphatic rings. The van der Waals surface area contributed by atoms with E-state index in [0.29, 0.717) is 18.8 Å². The molecule has 1 aromatic rings. The van der Waals surface area contributed by atoms with Gasteiger partial charge in [0.2, 0.25) is 0 Å². The van der Waals surface area contributed by atoms with E-state index in [9.17, 15) is 4.79 Å². The van der Waals surface area contributed by atoms with Gasteiger partial charge in [-0.15, -0.1) is 0 Å². The molecule has 5 heteroatoms. The molecule has 0 amide bonds. The zero-order valence-corrected chi connectivity index (χ0v) is 9.46. The van der Waals surface area contributed by atoms with Crippen molar-refractivity contribution >= 4 is 5.97 Å². The summed E-state index contributed by atoms with van der Waals surface area (Å²) < 4.78 is 10.0. The van der Waals surface area contributed by atoms with Crippen LogP contribution in [-0.4, -0.2) is 36.0 Å². The van der Waals surface area contributed by atoms with Crippen LogP contribution in [0.2, 0.25) is 0 Å². The van der Waals surface area contributed by atoms with Crippen LogP contribution >= 0.6 is 0 Å². The van der Waals surface area contributed by atoms with Crippen molar-refractivity contribution in [2.24, 2.45) is 0 Å². The number of phenolic OH excluding ortho intramolecular Hbond substituents is 1. The highest BCUT2D eigenvalue weighted by Crippen LogP contribution is 2.16. The maximum Gasteiger partial charge on any atom is 0.311 e. The Morgan fingerprint density at radius 1 is 1.18 bits per heavy atom. The summed E-state index contributed by atoms with van der Waals surface area (Å²) in [7, 11) is 0. The van der Waals surface area contributed by atoms with E-state index in [1.54, 1.807) is 0 Å². The third-order valence-corrected chi connectivity index (χ3v) is 1.97. The maximum absolute atomic E-state index is 11.3. The Hall–Kier alpha value is -1.59. The SMILES string of the molecule is O=C(CCCOCCO)Oc1ccc(O)cc1. The van der Waals surface area contributed by atoms with Gasteiger partial charge in [-0.3, -0.25) is 4.79 Å². The number of aliphatic hydroxyl groups is 1. The molecule has 1 aromatic carbocycles. The molecule has 0 radical (unpaired) electrons. The Morgan fingerprint density at radius 2 is 1.88 bits per heavy atom. The van der Waals surface area contributed by atoms with E-state index >= 15 is 0 Å². The number of hydrogen-bond donors (Lipinski definition) is 2. The number of aromatic hydroxyl groups is 1. The third kappa shape index (κ3) is 5.89. The molecule has 0 aromatic heterocycles. The highest BCUT2D eigenvalue weighted by atomic mass is 16.5. The molecule has 0 atom stereocenters. The molecule has 1 rings (SSSR count).